The van der Waals surface area contributed by atoms with Crippen molar-refractivity contribution >= 4 is 28.6 Å². The van der Waals surface area contributed by atoms with Crippen LogP contribution in [0.2, 0.25) is 0 Å². The lowest BCUT2D eigenvalue weighted by Gasteiger charge is -2.24. The van der Waals surface area contributed by atoms with Gasteiger partial charge in [0.05, 0.1) is 51.9 Å². The number of halogens is 1. The Morgan fingerprint density at radius 2 is 1.29 bits per heavy atom. The number of oxazole rings is 2. The first kappa shape index (κ1) is 37.6. The van der Waals surface area contributed by atoms with E-state index in [1.54, 1.807) is 33.3 Å². The Hall–Kier alpha value is -4.20. The molecule has 0 aliphatic carbocycles. The van der Waals surface area contributed by atoms with Gasteiger partial charge in [0.2, 0.25) is 11.8 Å². The molecule has 5 aromatic rings. The molecule has 0 saturated carbocycles. The highest BCUT2D eigenvalue weighted by Crippen LogP contribution is 2.28. The van der Waals surface area contributed by atoms with Crippen molar-refractivity contribution in [1.82, 2.24) is 9.97 Å². The minimum Gasteiger partial charge on any atom is -0.497 e. The second-order valence-electron chi connectivity index (χ2n) is 12.2. The second-order valence-corrected chi connectivity index (χ2v) is 13.0. The van der Waals surface area contributed by atoms with E-state index >= 15 is 0 Å². The molecule has 0 spiro atoms. The summed E-state index contributed by atoms with van der Waals surface area (Å²) in [5, 5.41) is 9.46. The summed E-state index contributed by atoms with van der Waals surface area (Å²) in [6.07, 6.45) is 0. The van der Waals surface area contributed by atoms with Crippen molar-refractivity contribution in [3.63, 3.8) is 0 Å². The van der Waals surface area contributed by atoms with Gasteiger partial charge in [0.25, 0.3) is 0 Å². The number of carboxylic acid groups (broad SMARTS) is 1. The van der Waals surface area contributed by atoms with Crippen LogP contribution in [0.3, 0.4) is 0 Å². The van der Waals surface area contributed by atoms with Gasteiger partial charge in [-0.3, -0.25) is 0 Å². The number of aryl methyl sites for hydroxylation is 3. The van der Waals surface area contributed by atoms with E-state index in [0.717, 1.165) is 49.8 Å². The van der Waals surface area contributed by atoms with E-state index in [2.05, 4.69) is 32.6 Å². The van der Waals surface area contributed by atoms with Gasteiger partial charge < -0.3 is 32.9 Å². The molecule has 10 nitrogen and oxygen atoms in total. The van der Waals surface area contributed by atoms with Crippen LogP contribution in [0.25, 0.3) is 22.9 Å². The zero-order chi connectivity index (χ0) is 35.6. The topological polar surface area (TPSA) is 126 Å². The van der Waals surface area contributed by atoms with E-state index in [0.29, 0.717) is 48.5 Å². The Bertz CT molecular complexity index is 1850. The molecule has 0 unspecified atom stereocenters. The van der Waals surface area contributed by atoms with Gasteiger partial charge in [-0.05, 0) is 68.3 Å². The molecule has 0 aliphatic heterocycles. The van der Waals surface area contributed by atoms with Crippen LogP contribution in [0.4, 0.5) is 0 Å². The van der Waals surface area contributed by atoms with Crippen LogP contribution in [0.15, 0.2) is 75.6 Å². The van der Waals surface area contributed by atoms with Gasteiger partial charge in [-0.2, -0.15) is 0 Å². The van der Waals surface area contributed by atoms with Gasteiger partial charge in [0.1, 0.15) is 28.7 Å². The fourth-order valence-corrected chi connectivity index (χ4v) is 5.64. The average Bonchev–Trinajstić information content (AvgIpc) is 3.66. The number of aromatic nitrogens is 2. The summed E-state index contributed by atoms with van der Waals surface area (Å²) in [5.74, 6) is 3.39. The summed E-state index contributed by atoms with van der Waals surface area (Å²) >= 11 is 2.28. The largest absolute Gasteiger partial charge is 0.497 e. The lowest BCUT2D eigenvalue weighted by molar-refractivity contribution is -0.0153. The van der Waals surface area contributed by atoms with Crippen molar-refractivity contribution in [3.8, 4) is 34.4 Å². The minimum absolute atomic E-state index is 0.235. The molecular formula is C38H43IN2O8. The Balaban J connectivity index is 0.000000281. The van der Waals surface area contributed by atoms with Crippen LogP contribution in [-0.2, 0) is 27.1 Å². The molecule has 5 rings (SSSR count). The van der Waals surface area contributed by atoms with Crippen molar-refractivity contribution in [1.29, 1.82) is 0 Å². The number of rotatable bonds is 14. The third-order valence-electron chi connectivity index (χ3n) is 7.60. The lowest BCUT2D eigenvalue weighted by atomic mass is 9.96. The number of methoxy groups -OCH3 is 2. The number of carbonyl (C=O) groups is 1. The zero-order valence-electron chi connectivity index (χ0n) is 29.0. The molecule has 0 saturated heterocycles. The summed E-state index contributed by atoms with van der Waals surface area (Å²) in [6, 6.07) is 20.7. The lowest BCUT2D eigenvalue weighted by Crippen LogP contribution is -2.25. The van der Waals surface area contributed by atoms with Crippen LogP contribution in [0, 0.1) is 26.2 Å². The highest BCUT2D eigenvalue weighted by atomic mass is 127. The molecule has 0 fully saturated rings. The van der Waals surface area contributed by atoms with Crippen LogP contribution in [-0.4, -0.2) is 48.5 Å². The summed E-state index contributed by atoms with van der Waals surface area (Å²) in [5.41, 5.74) is 4.96. The van der Waals surface area contributed by atoms with Crippen LogP contribution >= 0.6 is 22.6 Å². The third-order valence-corrected chi connectivity index (χ3v) is 8.32. The van der Waals surface area contributed by atoms with E-state index < -0.39 is 5.97 Å². The number of alkyl halides is 1. The van der Waals surface area contributed by atoms with Crippen molar-refractivity contribution in [2.75, 3.05) is 27.4 Å². The van der Waals surface area contributed by atoms with Crippen molar-refractivity contribution < 1.29 is 37.7 Å². The van der Waals surface area contributed by atoms with Crippen molar-refractivity contribution in [3.05, 3.63) is 106 Å². The summed E-state index contributed by atoms with van der Waals surface area (Å²) in [6.45, 7) is 11.1. The predicted molar refractivity (Wildman–Crippen MR) is 195 cm³/mol. The molecule has 0 amide bonds. The molecule has 260 valence electrons. The maximum atomic E-state index is 11.5. The normalized spacial score (nSPS) is 11.2. The fraction of sp³-hybridized carbons (Fsp3) is 0.342. The maximum absolute atomic E-state index is 11.5. The SMILES string of the molecule is COc1cccc(-c2nc(CI)c(C)o2)c1.COc1cccc(-c2nc(COCC(C)(C)COCc3cccc(C)c3C(=O)O)c(C)o2)c1. The first-order chi connectivity index (χ1) is 23.4. The van der Waals surface area contributed by atoms with E-state index in [9.17, 15) is 9.90 Å². The second kappa shape index (κ2) is 17.5. The number of hydrogen-bond acceptors (Lipinski definition) is 9. The van der Waals surface area contributed by atoms with Crippen molar-refractivity contribution in [2.24, 2.45) is 5.41 Å². The summed E-state index contributed by atoms with van der Waals surface area (Å²) in [7, 11) is 3.27. The predicted octanol–water partition coefficient (Wildman–Crippen LogP) is 9.02. The van der Waals surface area contributed by atoms with E-state index in [-0.39, 0.29) is 12.0 Å². The molecule has 0 radical (unpaired) electrons. The highest BCUT2D eigenvalue weighted by Gasteiger charge is 2.21. The number of nitrogens with zero attached hydrogens (tertiary/aromatic N) is 2. The Kier molecular flexibility index (Phi) is 13.4. The van der Waals surface area contributed by atoms with E-state index in [1.165, 1.54) is 0 Å². The van der Waals surface area contributed by atoms with Gasteiger partial charge in [-0.1, -0.05) is 66.8 Å². The maximum Gasteiger partial charge on any atom is 0.336 e. The number of ether oxygens (including phenoxy) is 4. The van der Waals surface area contributed by atoms with E-state index in [4.69, 9.17) is 27.8 Å². The van der Waals surface area contributed by atoms with E-state index in [1.807, 2.05) is 82.3 Å². The molecule has 2 aromatic heterocycles. The number of hydrogen-bond donors (Lipinski definition) is 1. The molecule has 49 heavy (non-hydrogen) atoms. The van der Waals surface area contributed by atoms with Gasteiger partial charge >= 0.3 is 5.97 Å². The standard InChI is InChI=1S/C26H31NO6.C12H12INO2/c1-17-8-6-10-20(23(17)25(28)29)13-31-15-26(3,4)16-32-14-22-18(2)33-24(27-22)19-9-7-11-21(12-19)30-5;1-8-11(7-13)14-12(16-8)9-4-3-5-10(6-9)15-2/h6-12H,13-16H2,1-5H3,(H,28,29);3-6H,7H2,1-2H3. The molecule has 0 atom stereocenters. The monoisotopic (exact) mass is 782 g/mol. The summed E-state index contributed by atoms with van der Waals surface area (Å²) in [4.78, 5) is 20.6. The molecule has 1 N–H and O–H groups in total. The number of aromatic carboxylic acids is 1. The average molecular weight is 783 g/mol. The minimum atomic E-state index is -0.939. The Morgan fingerprint density at radius 3 is 1.80 bits per heavy atom. The van der Waals surface area contributed by atoms with Gasteiger partial charge in [0.15, 0.2) is 0 Å². The number of carboxylic acids is 1. The highest BCUT2D eigenvalue weighted by molar-refractivity contribution is 14.1. The van der Waals surface area contributed by atoms with Crippen molar-refractivity contribution in [2.45, 2.75) is 52.3 Å². The fourth-order valence-electron chi connectivity index (χ4n) is 4.93. The number of benzene rings is 3. The summed E-state index contributed by atoms with van der Waals surface area (Å²) < 4.78 is 34.5. The Labute approximate surface area is 300 Å². The molecule has 0 aliphatic rings. The molecule has 2 heterocycles. The molecular weight excluding hydrogens is 739 g/mol. The van der Waals surface area contributed by atoms with Gasteiger partial charge in [-0.25, -0.2) is 14.8 Å². The van der Waals surface area contributed by atoms with Crippen LogP contribution in [0.5, 0.6) is 11.5 Å². The zero-order valence-corrected chi connectivity index (χ0v) is 31.1. The molecule has 0 bridgehead atoms. The van der Waals surface area contributed by atoms with Crippen LogP contribution < -0.4 is 9.47 Å². The molecule has 11 heteroatoms. The van der Waals surface area contributed by atoms with Gasteiger partial charge in [-0.15, -0.1) is 0 Å². The Morgan fingerprint density at radius 1 is 0.776 bits per heavy atom. The third kappa shape index (κ3) is 10.4. The first-order valence-corrected chi connectivity index (χ1v) is 17.2. The first-order valence-electron chi connectivity index (χ1n) is 15.7. The smallest absolute Gasteiger partial charge is 0.336 e. The molecule has 3 aromatic carbocycles. The van der Waals surface area contributed by atoms with Gasteiger partial charge in [0, 0.05) is 21.0 Å². The van der Waals surface area contributed by atoms with Crippen LogP contribution in [0.1, 0.15) is 58.2 Å². The quantitative estimate of drug-likeness (QED) is 0.0862.